The standard InChI is InChI=1S/C19H33N5O3S/c1-19(2,24-10-12-27-13-11-24)16-22-18(20-3)21-9-14-28(25,26)23-15-17-7-5-4-6-8-17/h4-8,23H,9-16H2,1-3H3,(H2,20,21,22). The van der Waals surface area contributed by atoms with Crippen molar-refractivity contribution >= 4 is 16.0 Å². The highest BCUT2D eigenvalue weighted by Gasteiger charge is 2.28. The topological polar surface area (TPSA) is 95.1 Å². The molecule has 0 bridgehead atoms. The number of rotatable bonds is 9. The van der Waals surface area contributed by atoms with Crippen molar-refractivity contribution in [3.05, 3.63) is 35.9 Å². The normalized spacial score (nSPS) is 16.8. The minimum absolute atomic E-state index is 0.0204. The van der Waals surface area contributed by atoms with E-state index in [1.54, 1.807) is 7.05 Å². The molecule has 8 nitrogen and oxygen atoms in total. The van der Waals surface area contributed by atoms with E-state index in [4.69, 9.17) is 4.74 Å². The molecular weight excluding hydrogens is 378 g/mol. The maximum absolute atomic E-state index is 12.2. The van der Waals surface area contributed by atoms with Gasteiger partial charge in [0.15, 0.2) is 5.96 Å². The smallest absolute Gasteiger partial charge is 0.213 e. The van der Waals surface area contributed by atoms with Crippen molar-refractivity contribution in [1.29, 1.82) is 0 Å². The number of hydrogen-bond donors (Lipinski definition) is 3. The quantitative estimate of drug-likeness (QED) is 0.402. The Balaban J connectivity index is 1.72. The van der Waals surface area contributed by atoms with Crippen molar-refractivity contribution in [3.8, 4) is 0 Å². The molecule has 0 radical (unpaired) electrons. The third kappa shape index (κ3) is 7.75. The molecule has 9 heteroatoms. The lowest BCUT2D eigenvalue weighted by molar-refractivity contribution is -0.00833. The van der Waals surface area contributed by atoms with Crippen LogP contribution in [0.1, 0.15) is 19.4 Å². The van der Waals surface area contributed by atoms with Crippen LogP contribution in [-0.2, 0) is 21.3 Å². The first-order chi connectivity index (χ1) is 13.3. The van der Waals surface area contributed by atoms with Gasteiger partial charge < -0.3 is 15.4 Å². The van der Waals surface area contributed by atoms with Gasteiger partial charge in [0.1, 0.15) is 0 Å². The van der Waals surface area contributed by atoms with Crippen LogP contribution in [0.5, 0.6) is 0 Å². The van der Waals surface area contributed by atoms with Crippen molar-refractivity contribution in [1.82, 2.24) is 20.3 Å². The second-order valence-corrected chi connectivity index (χ2v) is 9.32. The summed E-state index contributed by atoms with van der Waals surface area (Å²) in [6, 6.07) is 9.46. The van der Waals surface area contributed by atoms with E-state index in [9.17, 15) is 8.42 Å². The number of morpholine rings is 1. The molecule has 0 amide bonds. The predicted octanol–water partition coefficient (Wildman–Crippen LogP) is 0.382. The van der Waals surface area contributed by atoms with Crippen LogP contribution in [0.4, 0.5) is 0 Å². The van der Waals surface area contributed by atoms with Gasteiger partial charge in [0.2, 0.25) is 10.0 Å². The molecule has 1 aliphatic rings. The molecule has 0 saturated carbocycles. The molecule has 3 N–H and O–H groups in total. The number of nitrogens with one attached hydrogen (secondary N) is 3. The molecule has 28 heavy (non-hydrogen) atoms. The van der Waals surface area contributed by atoms with Crippen LogP contribution in [0.3, 0.4) is 0 Å². The Morgan fingerprint density at radius 1 is 1.18 bits per heavy atom. The number of nitrogens with zero attached hydrogens (tertiary/aromatic N) is 2. The minimum Gasteiger partial charge on any atom is -0.379 e. The highest BCUT2D eigenvalue weighted by atomic mass is 32.2. The van der Waals surface area contributed by atoms with Crippen molar-refractivity contribution in [2.75, 3.05) is 52.2 Å². The predicted molar refractivity (Wildman–Crippen MR) is 113 cm³/mol. The zero-order valence-corrected chi connectivity index (χ0v) is 17.9. The minimum atomic E-state index is -3.36. The number of sulfonamides is 1. The van der Waals surface area contributed by atoms with Gasteiger partial charge in [0.05, 0.1) is 19.0 Å². The zero-order valence-electron chi connectivity index (χ0n) is 17.1. The van der Waals surface area contributed by atoms with Crippen molar-refractivity contribution in [3.63, 3.8) is 0 Å². The van der Waals surface area contributed by atoms with E-state index in [0.717, 1.165) is 31.9 Å². The molecule has 1 fully saturated rings. The van der Waals surface area contributed by atoms with Crippen LogP contribution >= 0.6 is 0 Å². The Labute approximate surface area is 168 Å². The number of benzene rings is 1. The Kier molecular flexibility index (Phi) is 8.68. The summed E-state index contributed by atoms with van der Waals surface area (Å²) < 4.78 is 32.4. The molecule has 2 rings (SSSR count). The third-order valence-corrected chi connectivity index (χ3v) is 6.11. The van der Waals surface area contributed by atoms with Gasteiger partial charge in [0, 0.05) is 45.3 Å². The fourth-order valence-corrected chi connectivity index (χ4v) is 3.87. The van der Waals surface area contributed by atoms with E-state index < -0.39 is 10.0 Å². The van der Waals surface area contributed by atoms with E-state index in [1.165, 1.54) is 0 Å². The first-order valence-electron chi connectivity index (χ1n) is 9.61. The van der Waals surface area contributed by atoms with Crippen LogP contribution in [0.2, 0.25) is 0 Å². The van der Waals surface area contributed by atoms with Crippen molar-refractivity contribution in [2.45, 2.75) is 25.9 Å². The summed E-state index contributed by atoms with van der Waals surface area (Å²) in [6.45, 7) is 8.96. The summed E-state index contributed by atoms with van der Waals surface area (Å²) in [5.41, 5.74) is 0.881. The lowest BCUT2D eigenvalue weighted by Gasteiger charge is -2.41. The van der Waals surface area contributed by atoms with Crippen molar-refractivity contribution < 1.29 is 13.2 Å². The fraction of sp³-hybridized carbons (Fsp3) is 0.632. The maximum Gasteiger partial charge on any atom is 0.213 e. The molecule has 1 aliphatic heterocycles. The van der Waals surface area contributed by atoms with E-state index in [2.05, 4.69) is 39.1 Å². The van der Waals surface area contributed by atoms with Gasteiger partial charge in [-0.2, -0.15) is 0 Å². The highest BCUT2D eigenvalue weighted by molar-refractivity contribution is 7.89. The summed E-state index contributed by atoms with van der Waals surface area (Å²) >= 11 is 0. The lowest BCUT2D eigenvalue weighted by atomic mass is 10.0. The molecule has 0 unspecified atom stereocenters. The first kappa shape index (κ1) is 22.6. The Bertz CT molecular complexity index is 716. The number of ether oxygens (including phenoxy) is 1. The molecular formula is C19H33N5O3S. The molecule has 1 heterocycles. The van der Waals surface area contributed by atoms with Gasteiger partial charge in [-0.1, -0.05) is 30.3 Å². The monoisotopic (exact) mass is 411 g/mol. The summed E-state index contributed by atoms with van der Waals surface area (Å²) in [7, 11) is -1.68. The molecule has 0 aliphatic carbocycles. The summed E-state index contributed by atoms with van der Waals surface area (Å²) in [5.74, 6) is 0.576. The molecule has 1 saturated heterocycles. The van der Waals surface area contributed by atoms with E-state index in [-0.39, 0.29) is 17.8 Å². The average Bonchev–Trinajstić information content (AvgIpc) is 2.70. The van der Waals surface area contributed by atoms with E-state index >= 15 is 0 Å². The molecule has 0 spiro atoms. The van der Waals surface area contributed by atoms with Crippen molar-refractivity contribution in [2.24, 2.45) is 4.99 Å². The summed E-state index contributed by atoms with van der Waals surface area (Å²) in [4.78, 5) is 6.57. The summed E-state index contributed by atoms with van der Waals surface area (Å²) in [5, 5.41) is 6.37. The Hall–Kier alpha value is -1.68. The third-order valence-electron chi connectivity index (χ3n) is 4.78. The second-order valence-electron chi connectivity index (χ2n) is 7.39. The van der Waals surface area contributed by atoms with Crippen LogP contribution in [0.15, 0.2) is 35.3 Å². The van der Waals surface area contributed by atoms with Crippen LogP contribution in [0, 0.1) is 0 Å². The SMILES string of the molecule is CN=C(NCCS(=O)(=O)NCc1ccccc1)NCC(C)(C)N1CCOCC1. The zero-order chi connectivity index (χ0) is 20.5. The average molecular weight is 412 g/mol. The number of aliphatic imine (C=N–C) groups is 1. The second kappa shape index (κ2) is 10.8. The largest absolute Gasteiger partial charge is 0.379 e. The highest BCUT2D eigenvalue weighted by Crippen LogP contribution is 2.14. The molecule has 158 valence electrons. The van der Waals surface area contributed by atoms with E-state index in [1.807, 2.05) is 30.3 Å². The molecule has 0 aromatic heterocycles. The van der Waals surface area contributed by atoms with Crippen LogP contribution < -0.4 is 15.4 Å². The van der Waals surface area contributed by atoms with Gasteiger partial charge >= 0.3 is 0 Å². The number of guanidine groups is 1. The Morgan fingerprint density at radius 2 is 1.86 bits per heavy atom. The van der Waals surface area contributed by atoms with Crippen LogP contribution in [0.25, 0.3) is 0 Å². The van der Waals surface area contributed by atoms with Gasteiger partial charge in [-0.15, -0.1) is 0 Å². The van der Waals surface area contributed by atoms with Gasteiger partial charge in [-0.3, -0.25) is 9.89 Å². The molecule has 0 atom stereocenters. The van der Waals surface area contributed by atoms with Gasteiger partial charge in [0.25, 0.3) is 0 Å². The lowest BCUT2D eigenvalue weighted by Crippen LogP contribution is -2.56. The summed E-state index contributed by atoms with van der Waals surface area (Å²) in [6.07, 6.45) is 0. The maximum atomic E-state index is 12.2. The first-order valence-corrected chi connectivity index (χ1v) is 11.3. The van der Waals surface area contributed by atoms with Crippen LogP contribution in [-0.4, -0.2) is 77.0 Å². The number of hydrogen-bond acceptors (Lipinski definition) is 5. The fourth-order valence-electron chi connectivity index (χ4n) is 2.97. The van der Waals surface area contributed by atoms with Gasteiger partial charge in [-0.25, -0.2) is 13.1 Å². The Morgan fingerprint density at radius 3 is 2.50 bits per heavy atom. The molecule has 1 aromatic carbocycles. The van der Waals surface area contributed by atoms with Gasteiger partial charge in [-0.05, 0) is 19.4 Å². The molecule has 1 aromatic rings. The van der Waals surface area contributed by atoms with E-state index in [0.29, 0.717) is 19.0 Å².